The van der Waals surface area contributed by atoms with Crippen molar-refractivity contribution in [2.75, 3.05) is 0 Å². The third-order valence-corrected chi connectivity index (χ3v) is 4.27. The highest BCUT2D eigenvalue weighted by Gasteiger charge is 2.35. The van der Waals surface area contributed by atoms with Gasteiger partial charge >= 0.3 is 0 Å². The van der Waals surface area contributed by atoms with E-state index in [2.05, 4.69) is 57.3 Å². The van der Waals surface area contributed by atoms with E-state index < -0.39 is 0 Å². The number of rotatable bonds is 3. The number of carbonyl (C=O) groups is 1. The monoisotopic (exact) mass is 259 g/mol. The molecule has 0 saturated carbocycles. The lowest BCUT2D eigenvalue weighted by atomic mass is 9.84. The molecule has 1 fully saturated rings. The van der Waals surface area contributed by atoms with E-state index >= 15 is 0 Å². The van der Waals surface area contributed by atoms with Gasteiger partial charge in [-0.2, -0.15) is 0 Å². The van der Waals surface area contributed by atoms with Crippen LogP contribution in [-0.2, 0) is 16.6 Å². The molecule has 2 heteroatoms. The number of amides is 1. The van der Waals surface area contributed by atoms with Gasteiger partial charge in [-0.25, -0.2) is 0 Å². The van der Waals surface area contributed by atoms with Gasteiger partial charge in [-0.05, 0) is 35.8 Å². The Balaban J connectivity index is 2.13. The summed E-state index contributed by atoms with van der Waals surface area (Å²) in [6, 6.07) is 8.86. The van der Waals surface area contributed by atoms with E-state index in [0.29, 0.717) is 6.42 Å². The minimum absolute atomic E-state index is 0.0136. The molecule has 1 aliphatic rings. The second-order valence-electron chi connectivity index (χ2n) is 6.81. The Hall–Kier alpha value is -1.31. The van der Waals surface area contributed by atoms with Crippen LogP contribution in [-0.4, -0.2) is 11.4 Å². The van der Waals surface area contributed by atoms with Gasteiger partial charge in [-0.1, -0.05) is 52.0 Å². The Labute approximate surface area is 116 Å². The molecule has 1 heterocycles. The fourth-order valence-electron chi connectivity index (χ4n) is 2.81. The molecule has 2 nitrogen and oxygen atoms in total. The molecule has 0 aliphatic carbocycles. The van der Waals surface area contributed by atoms with Gasteiger partial charge in [-0.3, -0.25) is 4.79 Å². The maximum Gasteiger partial charge on any atom is 0.220 e. The summed E-state index contributed by atoms with van der Waals surface area (Å²) in [6.07, 6.45) is 3.58. The second-order valence-corrected chi connectivity index (χ2v) is 6.81. The molecule has 1 amide bonds. The van der Waals surface area contributed by atoms with Crippen LogP contribution in [0.1, 0.15) is 58.1 Å². The standard InChI is InChI=1S/C17H25NO/c1-5-17(11-10-15(19)18-17)12-13-6-8-14(9-7-13)16(2,3)4/h6-9H,5,10-12H2,1-4H3,(H,18,19). The van der Waals surface area contributed by atoms with E-state index in [9.17, 15) is 4.79 Å². The third kappa shape index (κ3) is 3.17. The highest BCUT2D eigenvalue weighted by molar-refractivity contribution is 5.79. The molecule has 1 aromatic carbocycles. The predicted octanol–water partition coefficient (Wildman–Crippen LogP) is 3.59. The van der Waals surface area contributed by atoms with Crippen LogP contribution in [0, 0.1) is 0 Å². The fourth-order valence-corrected chi connectivity index (χ4v) is 2.81. The first-order chi connectivity index (χ1) is 8.85. The summed E-state index contributed by atoms with van der Waals surface area (Å²) in [4.78, 5) is 11.5. The van der Waals surface area contributed by atoms with Gasteiger partial charge < -0.3 is 5.32 Å². The molecule has 1 unspecified atom stereocenters. The molecule has 1 aliphatic heterocycles. The van der Waals surface area contributed by atoms with Crippen LogP contribution < -0.4 is 5.32 Å². The molecule has 1 atom stereocenters. The Morgan fingerprint density at radius 3 is 2.26 bits per heavy atom. The zero-order valence-electron chi connectivity index (χ0n) is 12.5. The molecule has 0 spiro atoms. The van der Waals surface area contributed by atoms with Gasteiger partial charge in [0, 0.05) is 12.0 Å². The van der Waals surface area contributed by atoms with Crippen LogP contribution in [0.5, 0.6) is 0 Å². The first-order valence-corrected chi connectivity index (χ1v) is 7.25. The third-order valence-electron chi connectivity index (χ3n) is 4.27. The van der Waals surface area contributed by atoms with Crippen molar-refractivity contribution in [2.24, 2.45) is 0 Å². The minimum Gasteiger partial charge on any atom is -0.350 e. The number of hydrogen-bond donors (Lipinski definition) is 1. The van der Waals surface area contributed by atoms with Crippen LogP contribution in [0.25, 0.3) is 0 Å². The molecule has 104 valence electrons. The topological polar surface area (TPSA) is 29.1 Å². The smallest absolute Gasteiger partial charge is 0.220 e. The van der Waals surface area contributed by atoms with Gasteiger partial charge in [0.2, 0.25) is 5.91 Å². The van der Waals surface area contributed by atoms with Crippen LogP contribution in [0.15, 0.2) is 24.3 Å². The molecule has 0 radical (unpaired) electrons. The quantitative estimate of drug-likeness (QED) is 0.883. The molecule has 0 aromatic heterocycles. The number of hydrogen-bond acceptors (Lipinski definition) is 1. The summed E-state index contributed by atoms with van der Waals surface area (Å²) in [5, 5.41) is 3.17. The summed E-state index contributed by atoms with van der Waals surface area (Å²) in [7, 11) is 0. The van der Waals surface area contributed by atoms with E-state index in [1.54, 1.807) is 0 Å². The first-order valence-electron chi connectivity index (χ1n) is 7.25. The van der Waals surface area contributed by atoms with Crippen LogP contribution in [0.4, 0.5) is 0 Å². The van der Waals surface area contributed by atoms with Crippen molar-refractivity contribution in [3.8, 4) is 0 Å². The fraction of sp³-hybridized carbons (Fsp3) is 0.588. The molecular formula is C17H25NO. The average molecular weight is 259 g/mol. The van der Waals surface area contributed by atoms with E-state index in [1.807, 2.05) is 0 Å². The molecule has 1 saturated heterocycles. The number of carbonyl (C=O) groups excluding carboxylic acids is 1. The normalized spacial score (nSPS) is 23.5. The van der Waals surface area contributed by atoms with Crippen molar-refractivity contribution in [1.82, 2.24) is 5.32 Å². The largest absolute Gasteiger partial charge is 0.350 e. The van der Waals surface area contributed by atoms with Crippen molar-refractivity contribution in [3.05, 3.63) is 35.4 Å². The lowest BCUT2D eigenvalue weighted by molar-refractivity contribution is -0.119. The van der Waals surface area contributed by atoms with Crippen LogP contribution in [0.3, 0.4) is 0 Å². The van der Waals surface area contributed by atoms with Crippen molar-refractivity contribution in [3.63, 3.8) is 0 Å². The molecule has 2 rings (SSSR count). The Morgan fingerprint density at radius 2 is 1.84 bits per heavy atom. The molecule has 0 bridgehead atoms. The van der Waals surface area contributed by atoms with Gasteiger partial charge in [0.1, 0.15) is 0 Å². The van der Waals surface area contributed by atoms with Crippen molar-refractivity contribution in [2.45, 2.75) is 64.3 Å². The van der Waals surface area contributed by atoms with Crippen molar-refractivity contribution < 1.29 is 4.79 Å². The zero-order valence-corrected chi connectivity index (χ0v) is 12.5. The maximum atomic E-state index is 11.5. The molecule has 1 N–H and O–H groups in total. The van der Waals surface area contributed by atoms with Gasteiger partial charge in [0.25, 0.3) is 0 Å². The van der Waals surface area contributed by atoms with E-state index in [-0.39, 0.29) is 16.9 Å². The van der Waals surface area contributed by atoms with Crippen molar-refractivity contribution in [1.29, 1.82) is 0 Å². The molecule has 1 aromatic rings. The van der Waals surface area contributed by atoms with E-state index in [4.69, 9.17) is 0 Å². The Morgan fingerprint density at radius 1 is 1.21 bits per heavy atom. The summed E-state index contributed by atoms with van der Waals surface area (Å²) in [5.74, 6) is 0.202. The molecule has 19 heavy (non-hydrogen) atoms. The summed E-state index contributed by atoms with van der Waals surface area (Å²) in [5.41, 5.74) is 2.86. The van der Waals surface area contributed by atoms with Gasteiger partial charge in [0.15, 0.2) is 0 Å². The van der Waals surface area contributed by atoms with Gasteiger partial charge in [-0.15, -0.1) is 0 Å². The van der Waals surface area contributed by atoms with E-state index in [0.717, 1.165) is 19.3 Å². The lowest BCUT2D eigenvalue weighted by Crippen LogP contribution is -2.42. The van der Waals surface area contributed by atoms with Gasteiger partial charge in [0.05, 0.1) is 0 Å². The predicted molar refractivity (Wildman–Crippen MR) is 79.2 cm³/mol. The number of benzene rings is 1. The SMILES string of the molecule is CCC1(Cc2ccc(C(C)(C)C)cc2)CCC(=O)N1. The molecular weight excluding hydrogens is 234 g/mol. The first kappa shape index (κ1) is 14.1. The maximum absolute atomic E-state index is 11.5. The average Bonchev–Trinajstić information content (AvgIpc) is 2.71. The second kappa shape index (κ2) is 4.99. The summed E-state index contributed by atoms with van der Waals surface area (Å²) in [6.45, 7) is 8.85. The summed E-state index contributed by atoms with van der Waals surface area (Å²) < 4.78 is 0. The zero-order chi connectivity index (χ0) is 14.1. The van der Waals surface area contributed by atoms with Crippen molar-refractivity contribution >= 4 is 5.91 Å². The van der Waals surface area contributed by atoms with Crippen LogP contribution in [0.2, 0.25) is 0 Å². The van der Waals surface area contributed by atoms with Crippen LogP contribution >= 0.6 is 0 Å². The minimum atomic E-state index is -0.0136. The highest BCUT2D eigenvalue weighted by Crippen LogP contribution is 2.29. The lowest BCUT2D eigenvalue weighted by Gasteiger charge is -2.28. The highest BCUT2D eigenvalue weighted by atomic mass is 16.2. The number of nitrogens with one attached hydrogen (secondary N) is 1. The van der Waals surface area contributed by atoms with E-state index in [1.165, 1.54) is 11.1 Å². The Kier molecular flexibility index (Phi) is 3.71. The summed E-state index contributed by atoms with van der Waals surface area (Å²) >= 11 is 0. The Bertz CT molecular complexity index is 455.